The van der Waals surface area contributed by atoms with Crippen molar-refractivity contribution in [1.29, 1.82) is 0 Å². The van der Waals surface area contributed by atoms with Crippen LogP contribution in [0.15, 0.2) is 23.6 Å². The molecule has 0 bridgehead atoms. The first-order valence-corrected chi connectivity index (χ1v) is 12.1. The van der Waals surface area contributed by atoms with Crippen LogP contribution < -0.4 is 15.4 Å². The summed E-state index contributed by atoms with van der Waals surface area (Å²) in [6, 6.07) is 6.03. The number of hydrogen-bond donors (Lipinski definition) is 2. The van der Waals surface area contributed by atoms with Crippen molar-refractivity contribution in [2.24, 2.45) is 0 Å². The quantitative estimate of drug-likeness (QED) is 0.589. The van der Waals surface area contributed by atoms with E-state index in [4.69, 9.17) is 4.74 Å². The number of rotatable bonds is 9. The lowest BCUT2D eigenvalue weighted by molar-refractivity contribution is -0.122. The molecule has 2 unspecified atom stereocenters. The number of amides is 2. The summed E-state index contributed by atoms with van der Waals surface area (Å²) in [7, 11) is 0. The molecule has 2 amide bonds. The normalized spacial score (nSPS) is 18.4. The summed E-state index contributed by atoms with van der Waals surface area (Å²) in [5.41, 5.74) is 2.71. The smallest absolute Gasteiger partial charge is 0.271 e. The lowest BCUT2D eigenvalue weighted by atomic mass is 9.90. The summed E-state index contributed by atoms with van der Waals surface area (Å²) in [6.07, 6.45) is 6.33. The molecule has 2 atom stereocenters. The highest BCUT2D eigenvalue weighted by Gasteiger charge is 2.28. The van der Waals surface area contributed by atoms with Gasteiger partial charge in [0.1, 0.15) is 23.1 Å². The van der Waals surface area contributed by atoms with Crippen molar-refractivity contribution >= 4 is 23.2 Å². The highest BCUT2D eigenvalue weighted by molar-refractivity contribution is 7.09. The Kier molecular flexibility index (Phi) is 8.46. The summed E-state index contributed by atoms with van der Waals surface area (Å²) < 4.78 is 5.86. The molecule has 1 saturated carbocycles. The van der Waals surface area contributed by atoms with E-state index in [1.807, 2.05) is 26.0 Å². The van der Waals surface area contributed by atoms with E-state index in [1.54, 1.807) is 5.38 Å². The van der Waals surface area contributed by atoms with E-state index in [0.29, 0.717) is 18.7 Å². The van der Waals surface area contributed by atoms with Gasteiger partial charge in [-0.2, -0.15) is 0 Å². The molecular weight excluding hydrogens is 410 g/mol. The lowest BCUT2D eigenvalue weighted by Crippen LogP contribution is -2.53. The van der Waals surface area contributed by atoms with E-state index in [9.17, 15) is 9.59 Å². The van der Waals surface area contributed by atoms with Crippen molar-refractivity contribution < 1.29 is 14.3 Å². The number of thiazole rings is 1. The van der Waals surface area contributed by atoms with Gasteiger partial charge in [-0.1, -0.05) is 32.3 Å². The summed E-state index contributed by atoms with van der Waals surface area (Å²) >= 11 is 1.42. The minimum absolute atomic E-state index is 0.00643. The zero-order valence-electron chi connectivity index (χ0n) is 18.7. The molecule has 0 radical (unpaired) electrons. The molecule has 1 aromatic heterocycles. The van der Waals surface area contributed by atoms with E-state index in [2.05, 4.69) is 28.6 Å². The van der Waals surface area contributed by atoms with Gasteiger partial charge in [0, 0.05) is 23.9 Å². The van der Waals surface area contributed by atoms with Gasteiger partial charge >= 0.3 is 0 Å². The number of hydrogen-bond acceptors (Lipinski definition) is 5. The molecule has 0 spiro atoms. The van der Waals surface area contributed by atoms with Gasteiger partial charge in [0.2, 0.25) is 5.91 Å². The largest absolute Gasteiger partial charge is 0.486 e. The van der Waals surface area contributed by atoms with Gasteiger partial charge in [0.15, 0.2) is 0 Å². The molecule has 31 heavy (non-hydrogen) atoms. The molecule has 1 aliphatic carbocycles. The molecule has 1 heterocycles. The first-order chi connectivity index (χ1) is 14.9. The van der Waals surface area contributed by atoms with E-state index in [0.717, 1.165) is 60.4 Å². The maximum atomic E-state index is 12.8. The average Bonchev–Trinajstić information content (AvgIpc) is 3.21. The van der Waals surface area contributed by atoms with Crippen molar-refractivity contribution in [2.75, 3.05) is 0 Å². The molecule has 7 heteroatoms. The SMILES string of the molecule is CCCCC(=O)NC1CCCCC1NC(=O)c1csc(COc2cc(C)cc(C)c2)n1. The zero-order valence-corrected chi connectivity index (χ0v) is 19.5. The second kappa shape index (κ2) is 11.3. The fraction of sp³-hybridized carbons (Fsp3) is 0.542. The number of nitrogens with zero attached hydrogens (tertiary/aromatic N) is 1. The molecule has 168 valence electrons. The molecule has 0 aliphatic heterocycles. The highest BCUT2D eigenvalue weighted by Crippen LogP contribution is 2.21. The topological polar surface area (TPSA) is 80.3 Å². The van der Waals surface area contributed by atoms with E-state index in [-0.39, 0.29) is 23.9 Å². The molecule has 2 N–H and O–H groups in total. The predicted octanol–water partition coefficient (Wildman–Crippen LogP) is 4.69. The Hall–Kier alpha value is -2.41. The highest BCUT2D eigenvalue weighted by atomic mass is 32.1. The van der Waals surface area contributed by atoms with E-state index < -0.39 is 0 Å². The number of carbonyl (C=O) groups is 2. The fourth-order valence-corrected chi connectivity index (χ4v) is 4.66. The fourth-order valence-electron chi connectivity index (χ4n) is 3.98. The minimum Gasteiger partial charge on any atom is -0.486 e. The second-order valence-corrected chi connectivity index (χ2v) is 9.32. The number of ether oxygens (including phenoxy) is 1. The van der Waals surface area contributed by atoms with Crippen LogP contribution in [-0.4, -0.2) is 28.9 Å². The molecule has 1 aliphatic rings. The van der Waals surface area contributed by atoms with Gasteiger partial charge in [-0.3, -0.25) is 9.59 Å². The van der Waals surface area contributed by atoms with E-state index >= 15 is 0 Å². The Labute approximate surface area is 188 Å². The molecule has 1 aromatic carbocycles. The van der Waals surface area contributed by atoms with Crippen LogP contribution in [0.5, 0.6) is 5.75 Å². The molecule has 3 rings (SSSR count). The number of carbonyl (C=O) groups excluding carboxylic acids is 2. The van der Waals surface area contributed by atoms with Crippen LogP contribution in [0.4, 0.5) is 0 Å². The molecule has 0 saturated heterocycles. The Morgan fingerprint density at radius 1 is 1.10 bits per heavy atom. The zero-order chi connectivity index (χ0) is 22.2. The van der Waals surface area contributed by atoms with Crippen molar-refractivity contribution in [3.05, 3.63) is 45.4 Å². The van der Waals surface area contributed by atoms with Crippen LogP contribution in [0.2, 0.25) is 0 Å². The Bertz CT molecular complexity index is 876. The maximum absolute atomic E-state index is 12.8. The van der Waals surface area contributed by atoms with Crippen LogP contribution in [-0.2, 0) is 11.4 Å². The van der Waals surface area contributed by atoms with Crippen LogP contribution in [0, 0.1) is 13.8 Å². The lowest BCUT2D eigenvalue weighted by Gasteiger charge is -2.32. The van der Waals surface area contributed by atoms with Crippen molar-refractivity contribution in [3.8, 4) is 5.75 Å². The number of nitrogens with one attached hydrogen (secondary N) is 2. The first-order valence-electron chi connectivity index (χ1n) is 11.2. The standard InChI is InChI=1S/C24H33N3O3S/c1-4-5-10-22(28)25-19-8-6-7-9-20(19)27-24(29)21-15-31-23(26-21)14-30-18-12-16(2)11-17(3)13-18/h11-13,15,19-20H,4-10,14H2,1-3H3,(H,25,28)(H,27,29). The Morgan fingerprint density at radius 3 is 2.45 bits per heavy atom. The van der Waals surface area contributed by atoms with Crippen molar-refractivity contribution in [1.82, 2.24) is 15.6 Å². The minimum atomic E-state index is -0.186. The molecule has 1 fully saturated rings. The second-order valence-electron chi connectivity index (χ2n) is 8.38. The summed E-state index contributed by atoms with van der Waals surface area (Å²) in [4.78, 5) is 29.4. The predicted molar refractivity (Wildman–Crippen MR) is 124 cm³/mol. The van der Waals surface area contributed by atoms with Crippen molar-refractivity contribution in [2.45, 2.75) is 84.4 Å². The summed E-state index contributed by atoms with van der Waals surface area (Å²) in [6.45, 7) is 6.49. The third-order valence-electron chi connectivity index (χ3n) is 5.53. The summed E-state index contributed by atoms with van der Waals surface area (Å²) in [5, 5.41) is 8.75. The van der Waals surface area contributed by atoms with Gasteiger partial charge in [-0.25, -0.2) is 4.98 Å². The van der Waals surface area contributed by atoms with Crippen LogP contribution in [0.1, 0.15) is 78.5 Å². The van der Waals surface area contributed by atoms with Crippen LogP contribution >= 0.6 is 11.3 Å². The number of aromatic nitrogens is 1. The Morgan fingerprint density at radius 2 is 1.77 bits per heavy atom. The van der Waals surface area contributed by atoms with Gasteiger partial charge < -0.3 is 15.4 Å². The van der Waals surface area contributed by atoms with Crippen LogP contribution in [0.25, 0.3) is 0 Å². The first kappa shape index (κ1) is 23.3. The Balaban J connectivity index is 1.54. The maximum Gasteiger partial charge on any atom is 0.271 e. The van der Waals surface area contributed by atoms with Gasteiger partial charge in [-0.15, -0.1) is 11.3 Å². The number of benzene rings is 1. The number of aryl methyl sites for hydroxylation is 2. The molecule has 2 aromatic rings. The van der Waals surface area contributed by atoms with Gasteiger partial charge in [-0.05, 0) is 56.4 Å². The third-order valence-corrected chi connectivity index (χ3v) is 6.35. The van der Waals surface area contributed by atoms with Crippen molar-refractivity contribution in [3.63, 3.8) is 0 Å². The molecule has 6 nitrogen and oxygen atoms in total. The number of unbranched alkanes of at least 4 members (excludes halogenated alkanes) is 1. The van der Waals surface area contributed by atoms with Crippen LogP contribution in [0.3, 0.4) is 0 Å². The van der Waals surface area contributed by atoms with Gasteiger partial charge in [0.05, 0.1) is 0 Å². The van der Waals surface area contributed by atoms with E-state index in [1.165, 1.54) is 11.3 Å². The monoisotopic (exact) mass is 443 g/mol. The third kappa shape index (κ3) is 7.06. The molecular formula is C24H33N3O3S. The summed E-state index contributed by atoms with van der Waals surface area (Å²) in [5.74, 6) is 0.698. The van der Waals surface area contributed by atoms with Gasteiger partial charge in [0.25, 0.3) is 5.91 Å². The average molecular weight is 444 g/mol.